The van der Waals surface area contributed by atoms with Crippen molar-refractivity contribution >= 4 is 17.2 Å². The van der Waals surface area contributed by atoms with Crippen LogP contribution in [0.1, 0.15) is 5.01 Å². The van der Waals surface area contributed by atoms with Gasteiger partial charge in [0, 0.05) is 11.6 Å². The Balaban J connectivity index is 2.14. The first-order valence-corrected chi connectivity index (χ1v) is 4.56. The summed E-state index contributed by atoms with van der Waals surface area (Å²) in [6.45, 7) is 0.367. The monoisotopic (exact) mass is 211 g/mol. The lowest BCUT2D eigenvalue weighted by atomic mass is 10.7. The lowest BCUT2D eigenvalue weighted by Crippen LogP contribution is -2.03. The van der Waals surface area contributed by atoms with Crippen LogP contribution in [0.2, 0.25) is 0 Å². The van der Waals surface area contributed by atoms with Gasteiger partial charge in [0.25, 0.3) is 0 Å². The van der Waals surface area contributed by atoms with Gasteiger partial charge in [-0.2, -0.15) is 0 Å². The fraction of sp³-hybridized carbons (Fsp3) is 0.167. The highest BCUT2D eigenvalue weighted by atomic mass is 32.1. The van der Waals surface area contributed by atoms with Crippen LogP contribution in [-0.4, -0.2) is 24.9 Å². The molecule has 0 bridgehead atoms. The molecule has 0 atom stereocenters. The molecule has 2 aromatic heterocycles. The van der Waals surface area contributed by atoms with E-state index in [4.69, 9.17) is 0 Å². The number of hydrogen-bond donors (Lipinski definition) is 0. The van der Waals surface area contributed by atoms with Crippen LogP contribution in [0.4, 0.5) is 5.82 Å². The van der Waals surface area contributed by atoms with E-state index in [0.717, 1.165) is 11.2 Å². The average Bonchev–Trinajstić information content (AvgIpc) is 2.75. The first-order valence-electron chi connectivity index (χ1n) is 3.68. The van der Waals surface area contributed by atoms with Crippen molar-refractivity contribution in [1.29, 1.82) is 0 Å². The molecule has 72 valence electrons. The molecule has 0 unspecified atom stereocenters. The van der Waals surface area contributed by atoms with Gasteiger partial charge in [0.1, 0.15) is 11.6 Å². The summed E-state index contributed by atoms with van der Waals surface area (Å²) >= 11 is 1.45. The van der Waals surface area contributed by atoms with Crippen LogP contribution in [0.15, 0.2) is 17.8 Å². The zero-order valence-corrected chi connectivity index (χ0v) is 7.72. The van der Waals surface area contributed by atoms with Crippen LogP contribution in [0.3, 0.4) is 0 Å². The van der Waals surface area contributed by atoms with Gasteiger partial charge >= 0.3 is 5.82 Å². The Morgan fingerprint density at radius 2 is 2.50 bits per heavy atom. The van der Waals surface area contributed by atoms with Gasteiger partial charge in [0.05, 0.1) is 5.10 Å². The first kappa shape index (κ1) is 8.75. The van der Waals surface area contributed by atoms with Crippen molar-refractivity contribution in [2.24, 2.45) is 0 Å². The third-order valence-corrected chi connectivity index (χ3v) is 2.24. The second-order valence-electron chi connectivity index (χ2n) is 2.42. The van der Waals surface area contributed by atoms with Crippen molar-refractivity contribution in [3.8, 4) is 0 Å². The first-order chi connectivity index (χ1) is 6.75. The molecule has 0 aromatic carbocycles. The van der Waals surface area contributed by atoms with E-state index >= 15 is 0 Å². The molecule has 0 aliphatic rings. The van der Waals surface area contributed by atoms with Crippen LogP contribution in [0.25, 0.3) is 0 Å². The highest BCUT2D eigenvalue weighted by Crippen LogP contribution is 2.07. The van der Waals surface area contributed by atoms with Gasteiger partial charge in [-0.15, -0.1) is 16.4 Å². The maximum absolute atomic E-state index is 10.3. The summed E-state index contributed by atoms with van der Waals surface area (Å²) in [6, 6.07) is 0. The molecule has 0 saturated carbocycles. The van der Waals surface area contributed by atoms with E-state index in [1.807, 2.05) is 5.38 Å². The molecule has 2 heterocycles. The molecule has 8 heteroatoms. The second-order valence-corrected chi connectivity index (χ2v) is 3.40. The van der Waals surface area contributed by atoms with Gasteiger partial charge in [-0.1, -0.05) is 4.80 Å². The molecule has 0 aliphatic carbocycles. The van der Waals surface area contributed by atoms with Crippen LogP contribution in [-0.2, 0) is 6.54 Å². The number of thiazole rings is 1. The van der Waals surface area contributed by atoms with Gasteiger partial charge in [0.2, 0.25) is 0 Å². The minimum atomic E-state index is -0.578. The topological polar surface area (TPSA) is 86.7 Å². The molecule has 14 heavy (non-hydrogen) atoms. The van der Waals surface area contributed by atoms with Gasteiger partial charge in [-0.05, 0) is 4.92 Å². The minimum absolute atomic E-state index is 0.249. The highest BCUT2D eigenvalue weighted by Gasteiger charge is 2.12. The van der Waals surface area contributed by atoms with E-state index in [2.05, 4.69) is 15.2 Å². The Morgan fingerprint density at radius 3 is 3.07 bits per heavy atom. The molecular weight excluding hydrogens is 206 g/mol. The van der Waals surface area contributed by atoms with Gasteiger partial charge in [-0.3, -0.25) is 0 Å². The smallest absolute Gasteiger partial charge is 0.358 e. The predicted octanol–water partition coefficient (Wildman–Crippen LogP) is 0.691. The Morgan fingerprint density at radius 1 is 1.64 bits per heavy atom. The molecule has 2 aromatic rings. The van der Waals surface area contributed by atoms with E-state index in [9.17, 15) is 10.1 Å². The summed E-state index contributed by atoms with van der Waals surface area (Å²) < 4.78 is 0. The highest BCUT2D eigenvalue weighted by molar-refractivity contribution is 7.09. The lowest BCUT2D eigenvalue weighted by molar-refractivity contribution is -0.389. The van der Waals surface area contributed by atoms with E-state index in [-0.39, 0.29) is 5.82 Å². The summed E-state index contributed by atoms with van der Waals surface area (Å²) in [5.74, 6) is -0.249. The zero-order valence-electron chi connectivity index (χ0n) is 6.90. The third-order valence-electron chi connectivity index (χ3n) is 1.47. The molecule has 0 aliphatic heterocycles. The van der Waals surface area contributed by atoms with Gasteiger partial charge in [-0.25, -0.2) is 4.98 Å². The van der Waals surface area contributed by atoms with Crippen molar-refractivity contribution in [2.45, 2.75) is 6.54 Å². The fourth-order valence-electron chi connectivity index (χ4n) is 0.900. The summed E-state index contributed by atoms with van der Waals surface area (Å²) in [6.07, 6.45) is 2.78. The van der Waals surface area contributed by atoms with Crippen LogP contribution in [0.5, 0.6) is 0 Å². The Hall–Kier alpha value is -1.83. The number of rotatable bonds is 3. The zero-order chi connectivity index (χ0) is 9.97. The number of nitrogens with zero attached hydrogens (tertiary/aromatic N) is 5. The minimum Gasteiger partial charge on any atom is -0.358 e. The summed E-state index contributed by atoms with van der Waals surface area (Å²) in [4.78, 5) is 15.0. The second kappa shape index (κ2) is 3.50. The maximum atomic E-state index is 10.3. The average molecular weight is 211 g/mol. The summed E-state index contributed by atoms with van der Waals surface area (Å²) in [5, 5.41) is 20.3. The van der Waals surface area contributed by atoms with Crippen LogP contribution >= 0.6 is 11.3 Å². The van der Waals surface area contributed by atoms with Crippen molar-refractivity contribution in [3.05, 3.63) is 32.9 Å². The fourth-order valence-corrected chi connectivity index (χ4v) is 1.49. The van der Waals surface area contributed by atoms with Crippen molar-refractivity contribution < 1.29 is 4.92 Å². The molecule has 0 amide bonds. The number of hydrogen-bond acceptors (Lipinski definition) is 6. The van der Waals surface area contributed by atoms with Gasteiger partial charge < -0.3 is 10.1 Å². The Labute approximate surface area is 82.2 Å². The standard InChI is InChI=1S/C6H5N5O2S/c12-11(13)5-3-8-10(9-5)4-6-7-1-2-14-6/h1-3H,4H2. The molecule has 0 saturated heterocycles. The van der Waals surface area contributed by atoms with Crippen molar-refractivity contribution in [1.82, 2.24) is 20.0 Å². The molecule has 0 spiro atoms. The van der Waals surface area contributed by atoms with E-state index in [1.165, 1.54) is 16.1 Å². The van der Waals surface area contributed by atoms with E-state index in [0.29, 0.717) is 6.54 Å². The van der Waals surface area contributed by atoms with E-state index in [1.54, 1.807) is 6.20 Å². The largest absolute Gasteiger partial charge is 0.410 e. The lowest BCUT2D eigenvalue weighted by Gasteiger charge is -1.88. The van der Waals surface area contributed by atoms with Crippen molar-refractivity contribution in [2.75, 3.05) is 0 Å². The molecule has 2 rings (SSSR count). The molecular formula is C6H5N5O2S. The van der Waals surface area contributed by atoms with Gasteiger partial charge in [0.15, 0.2) is 6.20 Å². The van der Waals surface area contributed by atoms with Crippen molar-refractivity contribution in [3.63, 3.8) is 0 Å². The van der Waals surface area contributed by atoms with Crippen LogP contribution < -0.4 is 0 Å². The molecule has 0 N–H and O–H groups in total. The summed E-state index contributed by atoms with van der Waals surface area (Å²) in [7, 11) is 0. The molecule has 7 nitrogen and oxygen atoms in total. The SMILES string of the molecule is O=[N+]([O-])c1cnn(Cc2nccs2)n1. The number of nitro groups is 1. The molecule has 0 radical (unpaired) electrons. The Kier molecular flexibility index (Phi) is 2.19. The maximum Gasteiger partial charge on any atom is 0.410 e. The number of aromatic nitrogens is 4. The quantitative estimate of drug-likeness (QED) is 0.550. The molecule has 0 fully saturated rings. The normalized spacial score (nSPS) is 10.3. The van der Waals surface area contributed by atoms with Crippen LogP contribution in [0, 0.1) is 10.1 Å². The predicted molar refractivity (Wildman–Crippen MR) is 47.9 cm³/mol. The third kappa shape index (κ3) is 1.74. The summed E-state index contributed by atoms with van der Waals surface area (Å²) in [5.41, 5.74) is 0. The Bertz CT molecular complexity index is 437. The van der Waals surface area contributed by atoms with E-state index < -0.39 is 4.92 Å².